The zero-order valence-corrected chi connectivity index (χ0v) is 18.7. The highest BCUT2D eigenvalue weighted by Gasteiger charge is 2.23. The van der Waals surface area contributed by atoms with Gasteiger partial charge in [0.25, 0.3) is 0 Å². The Morgan fingerprint density at radius 2 is 2.17 bits per heavy atom. The van der Waals surface area contributed by atoms with Gasteiger partial charge in [0.05, 0.1) is 0 Å². The Hall–Kier alpha value is -2.21. The number of benzene rings is 1. The van der Waals surface area contributed by atoms with Gasteiger partial charge in [0.2, 0.25) is 5.91 Å². The van der Waals surface area contributed by atoms with Gasteiger partial charge in [0.1, 0.15) is 6.33 Å². The molecule has 0 radical (unpaired) electrons. The van der Waals surface area contributed by atoms with Crippen molar-refractivity contribution in [1.82, 2.24) is 24.8 Å². The molecule has 0 unspecified atom stereocenters. The number of amides is 1. The predicted octanol–water partition coefficient (Wildman–Crippen LogP) is 2.82. The maximum Gasteiger partial charge on any atom is 0.219 e. The lowest BCUT2D eigenvalue weighted by Gasteiger charge is -2.11. The number of rotatable bonds is 6. The topological polar surface area (TPSA) is 116 Å². The van der Waals surface area contributed by atoms with E-state index < -0.39 is 0 Å². The summed E-state index contributed by atoms with van der Waals surface area (Å²) in [5, 5.41) is 3.57. The highest BCUT2D eigenvalue weighted by Crippen LogP contribution is 2.36. The molecule has 1 amide bonds. The minimum atomic E-state index is -0.00977. The molecule has 3 aromatic rings. The molecule has 0 bridgehead atoms. The van der Waals surface area contributed by atoms with E-state index in [0.717, 1.165) is 26.0 Å². The molecule has 0 spiro atoms. The molecule has 150 valence electrons. The van der Waals surface area contributed by atoms with Gasteiger partial charge in [0.15, 0.2) is 27.9 Å². The van der Waals surface area contributed by atoms with E-state index >= 15 is 0 Å². The number of carbonyl (C=O) groups is 2. The Kier molecular flexibility index (Phi) is 5.72. The van der Waals surface area contributed by atoms with Crippen molar-refractivity contribution in [2.24, 2.45) is 0 Å². The maximum absolute atomic E-state index is 12.2. The first-order chi connectivity index (χ1) is 14.0. The van der Waals surface area contributed by atoms with Crippen LogP contribution in [-0.2, 0) is 17.8 Å². The summed E-state index contributed by atoms with van der Waals surface area (Å²) in [7, 11) is 0. The van der Waals surface area contributed by atoms with Gasteiger partial charge in [-0.2, -0.15) is 0 Å². The number of aryl methyl sites for hydroxylation is 1. The standard InChI is InChI=1S/C19H19IN6O2S/c1-2-15(28)22-5-6-26-18-16(17(21)23-9-24-18)25-19(26)29-14-8-11-10(7-12(14)20)3-4-13(11)27/h7-9H,2-6H2,1H3,(H,22,28)(H2,21,23,24). The normalized spacial score (nSPS) is 13.1. The Bertz CT molecular complexity index is 1130. The van der Waals surface area contributed by atoms with Gasteiger partial charge in [-0.05, 0) is 46.7 Å². The van der Waals surface area contributed by atoms with Gasteiger partial charge in [-0.15, -0.1) is 0 Å². The number of nitrogen functional groups attached to an aromatic ring is 1. The maximum atomic E-state index is 12.2. The minimum Gasteiger partial charge on any atom is -0.382 e. The van der Waals surface area contributed by atoms with Crippen LogP contribution in [0.2, 0.25) is 0 Å². The molecule has 0 atom stereocenters. The largest absolute Gasteiger partial charge is 0.382 e. The van der Waals surface area contributed by atoms with Crippen molar-refractivity contribution < 1.29 is 9.59 Å². The number of imidazole rings is 1. The molecule has 0 saturated heterocycles. The molecule has 2 aromatic heterocycles. The predicted molar refractivity (Wildman–Crippen MR) is 119 cm³/mol. The third-order valence-electron chi connectivity index (χ3n) is 4.78. The van der Waals surface area contributed by atoms with Crippen LogP contribution in [0.1, 0.15) is 35.7 Å². The van der Waals surface area contributed by atoms with Crippen molar-refractivity contribution in [2.75, 3.05) is 12.3 Å². The van der Waals surface area contributed by atoms with Crippen molar-refractivity contribution in [1.29, 1.82) is 0 Å². The van der Waals surface area contributed by atoms with Crippen LogP contribution in [0.4, 0.5) is 5.82 Å². The molecule has 0 saturated carbocycles. The van der Waals surface area contributed by atoms with Crippen LogP contribution in [0.15, 0.2) is 28.5 Å². The fourth-order valence-electron chi connectivity index (χ4n) is 3.27. The molecule has 10 heteroatoms. The second-order valence-corrected chi connectivity index (χ2v) is 8.82. The molecular formula is C19H19IN6O2S. The first-order valence-corrected chi connectivity index (χ1v) is 11.1. The van der Waals surface area contributed by atoms with E-state index in [2.05, 4.69) is 48.9 Å². The second-order valence-electron chi connectivity index (χ2n) is 6.65. The van der Waals surface area contributed by atoms with Gasteiger partial charge in [0, 0.05) is 40.0 Å². The minimum absolute atomic E-state index is 0.00977. The van der Waals surface area contributed by atoms with Crippen LogP contribution >= 0.6 is 34.4 Å². The average molecular weight is 522 g/mol. The smallest absolute Gasteiger partial charge is 0.219 e. The zero-order chi connectivity index (χ0) is 20.5. The SMILES string of the molecule is CCC(=O)NCCn1c(Sc2cc3c(cc2I)CCC3=O)nc2c(N)ncnc21. The Morgan fingerprint density at radius 3 is 2.97 bits per heavy atom. The summed E-state index contributed by atoms with van der Waals surface area (Å²) in [6.07, 6.45) is 3.22. The molecular weight excluding hydrogens is 503 g/mol. The zero-order valence-electron chi connectivity index (χ0n) is 15.7. The summed E-state index contributed by atoms with van der Waals surface area (Å²) < 4.78 is 3.00. The number of aromatic nitrogens is 4. The Morgan fingerprint density at radius 1 is 1.34 bits per heavy atom. The number of nitrogens with two attached hydrogens (primary N) is 1. The van der Waals surface area contributed by atoms with Crippen molar-refractivity contribution in [3.8, 4) is 0 Å². The molecule has 1 aromatic carbocycles. The quantitative estimate of drug-likeness (QED) is 0.479. The summed E-state index contributed by atoms with van der Waals surface area (Å²) >= 11 is 3.75. The number of nitrogens with one attached hydrogen (secondary N) is 1. The lowest BCUT2D eigenvalue weighted by atomic mass is 10.1. The van der Waals surface area contributed by atoms with E-state index in [-0.39, 0.29) is 11.7 Å². The molecule has 29 heavy (non-hydrogen) atoms. The van der Waals surface area contributed by atoms with Gasteiger partial charge in [-0.25, -0.2) is 15.0 Å². The van der Waals surface area contributed by atoms with Gasteiger partial charge >= 0.3 is 0 Å². The van der Waals surface area contributed by atoms with Crippen molar-refractivity contribution in [3.63, 3.8) is 0 Å². The van der Waals surface area contributed by atoms with Gasteiger partial charge < -0.3 is 15.6 Å². The van der Waals surface area contributed by atoms with E-state index in [1.165, 1.54) is 18.1 Å². The molecule has 1 aliphatic rings. The number of nitrogens with zero attached hydrogens (tertiary/aromatic N) is 4. The lowest BCUT2D eigenvalue weighted by Crippen LogP contribution is -2.26. The van der Waals surface area contributed by atoms with Gasteiger partial charge in [-0.3, -0.25) is 9.59 Å². The number of ketones is 1. The van der Waals surface area contributed by atoms with E-state index in [1.54, 1.807) is 0 Å². The van der Waals surface area contributed by atoms with Crippen LogP contribution in [-0.4, -0.2) is 37.8 Å². The first kappa shape index (κ1) is 20.1. The molecule has 0 aliphatic heterocycles. The van der Waals surface area contributed by atoms with Crippen molar-refractivity contribution >= 4 is 63.0 Å². The molecule has 4 rings (SSSR count). The molecule has 0 fully saturated rings. The summed E-state index contributed by atoms with van der Waals surface area (Å²) in [6.45, 7) is 2.77. The van der Waals surface area contributed by atoms with E-state index in [9.17, 15) is 9.59 Å². The fourth-order valence-corrected chi connectivity index (χ4v) is 5.08. The second kappa shape index (κ2) is 8.27. The monoisotopic (exact) mass is 522 g/mol. The number of hydrogen-bond acceptors (Lipinski definition) is 7. The average Bonchev–Trinajstić information content (AvgIpc) is 3.24. The lowest BCUT2D eigenvalue weighted by molar-refractivity contribution is -0.120. The fraction of sp³-hybridized carbons (Fsp3) is 0.316. The van der Waals surface area contributed by atoms with E-state index in [1.807, 2.05) is 17.6 Å². The molecule has 2 heterocycles. The third kappa shape index (κ3) is 3.95. The van der Waals surface area contributed by atoms with Crippen LogP contribution in [0.5, 0.6) is 0 Å². The van der Waals surface area contributed by atoms with Crippen LogP contribution < -0.4 is 11.1 Å². The van der Waals surface area contributed by atoms with E-state index in [4.69, 9.17) is 5.73 Å². The number of halogens is 1. The molecule has 1 aliphatic carbocycles. The van der Waals surface area contributed by atoms with Crippen molar-refractivity contribution in [3.05, 3.63) is 33.2 Å². The summed E-state index contributed by atoms with van der Waals surface area (Å²) in [4.78, 5) is 37.7. The third-order valence-corrected chi connectivity index (χ3v) is 7.10. The number of hydrogen-bond donors (Lipinski definition) is 2. The Balaban J connectivity index is 1.71. The number of anilines is 1. The first-order valence-electron chi connectivity index (χ1n) is 9.24. The summed E-state index contributed by atoms with van der Waals surface area (Å²) in [5.74, 6) is 0.487. The number of fused-ring (bicyclic) bond motifs is 2. The highest BCUT2D eigenvalue weighted by atomic mass is 127. The van der Waals surface area contributed by atoms with Crippen molar-refractivity contribution in [2.45, 2.75) is 42.8 Å². The Labute approximate surface area is 185 Å². The van der Waals surface area contributed by atoms with Gasteiger partial charge in [-0.1, -0.05) is 18.7 Å². The van der Waals surface area contributed by atoms with Crippen LogP contribution in [0.3, 0.4) is 0 Å². The molecule has 8 nitrogen and oxygen atoms in total. The number of carbonyl (C=O) groups excluding carboxylic acids is 2. The summed E-state index contributed by atoms with van der Waals surface area (Å²) in [6, 6.07) is 4.03. The van der Waals surface area contributed by atoms with E-state index in [0.29, 0.717) is 48.1 Å². The highest BCUT2D eigenvalue weighted by molar-refractivity contribution is 14.1. The van der Waals surface area contributed by atoms with Crippen LogP contribution in [0, 0.1) is 3.57 Å². The molecule has 3 N–H and O–H groups in total. The summed E-state index contributed by atoms with van der Waals surface area (Å²) in [5.41, 5.74) is 9.06. The van der Waals surface area contributed by atoms with Crippen LogP contribution in [0.25, 0.3) is 11.2 Å². The number of Topliss-reactive ketones (excluding diaryl/α,β-unsaturated/α-hetero) is 1.